The second-order valence-electron chi connectivity index (χ2n) is 8.18. The van der Waals surface area contributed by atoms with Crippen molar-refractivity contribution in [3.05, 3.63) is 52.5 Å². The van der Waals surface area contributed by atoms with Gasteiger partial charge in [-0.2, -0.15) is 0 Å². The Morgan fingerprint density at radius 2 is 2.00 bits per heavy atom. The Bertz CT molecular complexity index is 1150. The van der Waals surface area contributed by atoms with Crippen LogP contribution in [0.1, 0.15) is 57.6 Å². The van der Waals surface area contributed by atoms with E-state index in [1.807, 2.05) is 32.9 Å². The molecule has 0 aliphatic carbocycles. The fraction of sp³-hybridized carbons (Fsp3) is 0.440. The van der Waals surface area contributed by atoms with Gasteiger partial charge in [-0.05, 0) is 64.8 Å². The number of esters is 1. The van der Waals surface area contributed by atoms with Gasteiger partial charge in [0, 0.05) is 41.1 Å². The van der Waals surface area contributed by atoms with E-state index in [2.05, 4.69) is 4.57 Å². The molecule has 0 bridgehead atoms. The quantitative estimate of drug-likeness (QED) is 0.371. The molecule has 1 aliphatic rings. The van der Waals surface area contributed by atoms with E-state index in [0.29, 0.717) is 29.1 Å². The minimum Gasteiger partial charge on any atom is -0.494 e. The Balaban J connectivity index is 1.45. The van der Waals surface area contributed by atoms with Gasteiger partial charge >= 0.3 is 5.97 Å². The van der Waals surface area contributed by atoms with Crippen LogP contribution in [0.15, 0.2) is 28.7 Å². The van der Waals surface area contributed by atoms with E-state index >= 15 is 0 Å². The Morgan fingerprint density at radius 3 is 2.72 bits per heavy atom. The number of carbonyl (C=O) groups excluding carboxylic acids is 2. The molecule has 7 nitrogen and oxygen atoms in total. The second kappa shape index (κ2) is 9.20. The van der Waals surface area contributed by atoms with Crippen molar-refractivity contribution < 1.29 is 28.2 Å². The van der Waals surface area contributed by atoms with Crippen LogP contribution in [0, 0.1) is 20.8 Å². The van der Waals surface area contributed by atoms with Crippen molar-refractivity contribution in [3.8, 4) is 5.75 Å². The van der Waals surface area contributed by atoms with Crippen LogP contribution in [0.4, 0.5) is 0 Å². The highest BCUT2D eigenvalue weighted by Gasteiger charge is 2.24. The predicted octanol–water partition coefficient (Wildman–Crippen LogP) is 4.78. The number of hydrogen-bond donors (Lipinski definition) is 0. The topological polar surface area (TPSA) is 79.9 Å². The minimum absolute atomic E-state index is 0.102. The molecule has 3 aromatic rings. The number of aromatic nitrogens is 1. The zero-order valence-corrected chi connectivity index (χ0v) is 19.0. The van der Waals surface area contributed by atoms with Crippen molar-refractivity contribution in [2.24, 2.45) is 0 Å². The van der Waals surface area contributed by atoms with Crippen LogP contribution < -0.4 is 4.74 Å². The number of benzene rings is 1. The number of ketones is 1. The third-order valence-electron chi connectivity index (χ3n) is 6.02. The Morgan fingerprint density at radius 1 is 1.19 bits per heavy atom. The predicted molar refractivity (Wildman–Crippen MR) is 120 cm³/mol. The van der Waals surface area contributed by atoms with Crippen LogP contribution in [0.25, 0.3) is 11.0 Å². The zero-order chi connectivity index (χ0) is 22.8. The molecule has 3 heterocycles. The molecule has 1 atom stereocenters. The summed E-state index contributed by atoms with van der Waals surface area (Å²) in [6.45, 7) is 9.31. The summed E-state index contributed by atoms with van der Waals surface area (Å²) >= 11 is 0. The fourth-order valence-electron chi connectivity index (χ4n) is 4.28. The molecule has 2 aromatic heterocycles. The van der Waals surface area contributed by atoms with Crippen LogP contribution in [-0.4, -0.2) is 42.2 Å². The van der Waals surface area contributed by atoms with Crippen LogP contribution in [-0.2, 0) is 16.0 Å². The summed E-state index contributed by atoms with van der Waals surface area (Å²) in [5.74, 6) is -0.0849. The molecule has 0 spiro atoms. The van der Waals surface area contributed by atoms with E-state index < -0.39 is 5.97 Å². The van der Waals surface area contributed by atoms with Gasteiger partial charge in [0.25, 0.3) is 0 Å². The lowest BCUT2D eigenvalue weighted by Crippen LogP contribution is -2.18. The van der Waals surface area contributed by atoms with Gasteiger partial charge in [-0.3, -0.25) is 4.79 Å². The van der Waals surface area contributed by atoms with Gasteiger partial charge in [0.1, 0.15) is 11.3 Å². The minimum atomic E-state index is -0.654. The Labute approximate surface area is 187 Å². The van der Waals surface area contributed by atoms with Crippen molar-refractivity contribution in [1.29, 1.82) is 0 Å². The average molecular weight is 440 g/mol. The van der Waals surface area contributed by atoms with Gasteiger partial charge in [-0.15, -0.1) is 0 Å². The van der Waals surface area contributed by atoms with Crippen LogP contribution >= 0.6 is 0 Å². The van der Waals surface area contributed by atoms with E-state index in [1.165, 1.54) is 0 Å². The Hall–Kier alpha value is -3.06. The number of furan rings is 1. The molecule has 1 aliphatic heterocycles. The summed E-state index contributed by atoms with van der Waals surface area (Å²) in [7, 11) is 0. The lowest BCUT2D eigenvalue weighted by Gasteiger charge is -2.14. The molecule has 1 saturated heterocycles. The first-order valence-electron chi connectivity index (χ1n) is 11.0. The molecular weight excluding hydrogens is 410 g/mol. The first kappa shape index (κ1) is 22.1. The molecule has 32 heavy (non-hydrogen) atoms. The molecule has 170 valence electrons. The lowest BCUT2D eigenvalue weighted by molar-refractivity contribution is 0.0445. The number of rotatable bonds is 8. The standard InChI is InChI=1S/C25H29NO6/c1-5-29-18-8-9-23-20(12-18)16(3)24(32-23)25(28)31-14-22(27)21-11-15(2)26(17(21)4)13-19-7-6-10-30-19/h8-9,11-12,19H,5-7,10,13-14H2,1-4H3. The number of carbonyl (C=O) groups is 2. The maximum Gasteiger partial charge on any atom is 0.375 e. The lowest BCUT2D eigenvalue weighted by atomic mass is 10.1. The molecule has 1 fully saturated rings. The molecule has 0 saturated carbocycles. The highest BCUT2D eigenvalue weighted by Crippen LogP contribution is 2.29. The average Bonchev–Trinajstić information content (AvgIpc) is 3.48. The van der Waals surface area contributed by atoms with Crippen molar-refractivity contribution >= 4 is 22.7 Å². The highest BCUT2D eigenvalue weighted by atomic mass is 16.5. The number of Topliss-reactive ketones (excluding diaryl/α,β-unsaturated/α-hetero) is 1. The van der Waals surface area contributed by atoms with Crippen molar-refractivity contribution in [1.82, 2.24) is 4.57 Å². The molecule has 7 heteroatoms. The third-order valence-corrected chi connectivity index (χ3v) is 6.02. The maximum absolute atomic E-state index is 12.8. The summed E-state index contributed by atoms with van der Waals surface area (Å²) in [6.07, 6.45) is 2.28. The van der Waals surface area contributed by atoms with Crippen LogP contribution in [0.5, 0.6) is 5.75 Å². The highest BCUT2D eigenvalue weighted by molar-refractivity contribution is 6.01. The molecule has 1 unspecified atom stereocenters. The third kappa shape index (κ3) is 4.30. The largest absolute Gasteiger partial charge is 0.494 e. The number of aryl methyl sites for hydroxylation is 2. The van der Waals surface area contributed by atoms with E-state index in [9.17, 15) is 9.59 Å². The molecule has 4 rings (SSSR count). The molecule has 0 radical (unpaired) electrons. The van der Waals surface area contributed by atoms with Gasteiger partial charge in [0.15, 0.2) is 6.61 Å². The van der Waals surface area contributed by atoms with Crippen molar-refractivity contribution in [2.75, 3.05) is 19.8 Å². The molecule has 0 amide bonds. The van der Waals surface area contributed by atoms with E-state index in [-0.39, 0.29) is 24.3 Å². The molecular formula is C25H29NO6. The fourth-order valence-corrected chi connectivity index (χ4v) is 4.28. The smallest absolute Gasteiger partial charge is 0.375 e. The van der Waals surface area contributed by atoms with Crippen molar-refractivity contribution in [3.63, 3.8) is 0 Å². The van der Waals surface area contributed by atoms with Gasteiger partial charge in [-0.25, -0.2) is 4.79 Å². The summed E-state index contributed by atoms with van der Waals surface area (Å²) in [5.41, 5.74) is 3.65. The Kier molecular flexibility index (Phi) is 6.37. The zero-order valence-electron chi connectivity index (χ0n) is 19.0. The molecule has 0 N–H and O–H groups in total. The number of ether oxygens (including phenoxy) is 3. The second-order valence-corrected chi connectivity index (χ2v) is 8.18. The summed E-state index contributed by atoms with van der Waals surface area (Å²) in [6, 6.07) is 7.24. The number of fused-ring (bicyclic) bond motifs is 1. The van der Waals surface area contributed by atoms with E-state index in [0.717, 1.165) is 42.8 Å². The SMILES string of the molecule is CCOc1ccc2oc(C(=O)OCC(=O)c3cc(C)n(CC4CCCO4)c3C)c(C)c2c1. The summed E-state index contributed by atoms with van der Waals surface area (Å²) in [5, 5.41) is 0.784. The first-order valence-corrected chi connectivity index (χ1v) is 11.0. The van der Waals surface area contributed by atoms with Gasteiger partial charge in [-0.1, -0.05) is 0 Å². The summed E-state index contributed by atoms with van der Waals surface area (Å²) in [4.78, 5) is 25.5. The van der Waals surface area contributed by atoms with Gasteiger partial charge in [0.2, 0.25) is 11.5 Å². The van der Waals surface area contributed by atoms with Crippen molar-refractivity contribution in [2.45, 2.75) is 53.2 Å². The normalized spacial score (nSPS) is 15.9. The van der Waals surface area contributed by atoms with E-state index in [4.69, 9.17) is 18.6 Å². The van der Waals surface area contributed by atoms with E-state index in [1.54, 1.807) is 19.1 Å². The number of nitrogens with zero attached hydrogens (tertiary/aromatic N) is 1. The van der Waals surface area contributed by atoms with Gasteiger partial charge in [0.05, 0.1) is 12.7 Å². The first-order chi connectivity index (χ1) is 15.4. The van der Waals surface area contributed by atoms with Crippen LogP contribution in [0.3, 0.4) is 0 Å². The monoisotopic (exact) mass is 439 g/mol. The molecule has 1 aromatic carbocycles. The maximum atomic E-state index is 12.8. The summed E-state index contributed by atoms with van der Waals surface area (Å²) < 4.78 is 24.4. The van der Waals surface area contributed by atoms with Gasteiger partial charge < -0.3 is 23.2 Å². The number of hydrogen-bond acceptors (Lipinski definition) is 6. The van der Waals surface area contributed by atoms with Crippen LogP contribution in [0.2, 0.25) is 0 Å².